The molecule has 1 aromatic heterocycles. The number of anilines is 2. The average Bonchev–Trinajstić information content (AvgIpc) is 2.58. The first-order chi connectivity index (χ1) is 11.5. The normalized spacial score (nSPS) is 15.3. The van der Waals surface area contributed by atoms with Crippen molar-refractivity contribution in [2.24, 2.45) is 0 Å². The highest BCUT2D eigenvalue weighted by atomic mass is 32.2. The van der Waals surface area contributed by atoms with Crippen LogP contribution in [-0.2, 0) is 15.8 Å². The minimum Gasteiger partial charge on any atom is -0.341 e. The lowest BCUT2D eigenvalue weighted by Crippen LogP contribution is -2.30. The molecule has 1 aliphatic rings. The molecule has 1 saturated heterocycles. The summed E-state index contributed by atoms with van der Waals surface area (Å²) in [4.78, 5) is 10.6. The third-order valence-corrected chi connectivity index (χ3v) is 5.08. The van der Waals surface area contributed by atoms with E-state index in [2.05, 4.69) is 19.6 Å². The summed E-state index contributed by atoms with van der Waals surface area (Å²) in [5.74, 6) is -0.0109. The second kappa shape index (κ2) is 7.12. The molecule has 0 amide bonds. The summed E-state index contributed by atoms with van der Waals surface area (Å²) in [5, 5.41) is 0. The van der Waals surface area contributed by atoms with E-state index >= 15 is 0 Å². The van der Waals surface area contributed by atoms with Crippen LogP contribution in [0.25, 0.3) is 0 Å². The first-order valence-corrected chi connectivity index (χ1v) is 9.49. The molecule has 2 heterocycles. The molecule has 0 radical (unpaired) electrons. The Morgan fingerprint density at radius 2 is 1.67 bits per heavy atom. The first-order valence-electron chi connectivity index (χ1n) is 7.84. The maximum Gasteiger partial charge on any atom is 0.237 e. The Morgan fingerprint density at radius 3 is 2.29 bits per heavy atom. The van der Waals surface area contributed by atoms with E-state index in [1.807, 2.05) is 0 Å². The van der Waals surface area contributed by atoms with Crippen molar-refractivity contribution in [1.29, 1.82) is 0 Å². The van der Waals surface area contributed by atoms with Crippen molar-refractivity contribution in [2.75, 3.05) is 22.7 Å². The number of hydrogen-bond acceptors (Lipinski definition) is 5. The maximum atomic E-state index is 12.9. The Morgan fingerprint density at radius 1 is 1.04 bits per heavy atom. The molecule has 6 nitrogen and oxygen atoms in total. The Hall–Kier alpha value is -2.22. The van der Waals surface area contributed by atoms with Crippen LogP contribution in [-0.4, -0.2) is 31.5 Å². The third kappa shape index (κ3) is 4.41. The number of nitrogens with zero attached hydrogens (tertiary/aromatic N) is 3. The van der Waals surface area contributed by atoms with Crippen molar-refractivity contribution in [1.82, 2.24) is 9.97 Å². The van der Waals surface area contributed by atoms with Crippen molar-refractivity contribution >= 4 is 21.7 Å². The Bertz CT molecular complexity index is 773. The predicted octanol–water partition coefficient (Wildman–Crippen LogP) is 2.55. The second-order valence-electron chi connectivity index (χ2n) is 5.81. The average molecular weight is 350 g/mol. The van der Waals surface area contributed by atoms with E-state index in [1.54, 1.807) is 0 Å². The molecule has 0 saturated carbocycles. The van der Waals surface area contributed by atoms with Gasteiger partial charge in [-0.3, -0.25) is 4.72 Å². The molecule has 8 heteroatoms. The van der Waals surface area contributed by atoms with Gasteiger partial charge < -0.3 is 4.90 Å². The van der Waals surface area contributed by atoms with Gasteiger partial charge in [0.05, 0.1) is 23.8 Å². The quantitative estimate of drug-likeness (QED) is 0.897. The van der Waals surface area contributed by atoms with E-state index in [9.17, 15) is 12.8 Å². The smallest absolute Gasteiger partial charge is 0.237 e. The lowest BCUT2D eigenvalue weighted by Gasteiger charge is -2.26. The van der Waals surface area contributed by atoms with Crippen LogP contribution < -0.4 is 9.62 Å². The van der Waals surface area contributed by atoms with Gasteiger partial charge in [-0.05, 0) is 37.0 Å². The molecular weight excluding hydrogens is 331 g/mol. The Kier molecular flexibility index (Phi) is 4.94. The highest BCUT2D eigenvalue weighted by Crippen LogP contribution is 2.17. The molecule has 1 fully saturated rings. The zero-order chi connectivity index (χ0) is 17.0. The number of nitrogens with one attached hydrogen (secondary N) is 1. The maximum absolute atomic E-state index is 12.9. The van der Waals surface area contributed by atoms with Crippen LogP contribution in [0.15, 0.2) is 36.7 Å². The topological polar surface area (TPSA) is 75.2 Å². The van der Waals surface area contributed by atoms with E-state index in [1.165, 1.54) is 43.1 Å². The summed E-state index contributed by atoms with van der Waals surface area (Å²) in [6, 6.07) is 5.37. The molecular formula is C16H19FN4O2S. The van der Waals surface area contributed by atoms with Crippen molar-refractivity contribution < 1.29 is 12.8 Å². The lowest BCUT2D eigenvalue weighted by atomic mass is 10.1. The van der Waals surface area contributed by atoms with Crippen LogP contribution in [0, 0.1) is 5.82 Å². The van der Waals surface area contributed by atoms with Gasteiger partial charge in [-0.15, -0.1) is 0 Å². The molecule has 128 valence electrons. The van der Waals surface area contributed by atoms with Crippen molar-refractivity contribution in [3.05, 3.63) is 48.0 Å². The number of sulfonamides is 1. The molecule has 2 aromatic rings. The van der Waals surface area contributed by atoms with Crippen LogP contribution in [0.1, 0.15) is 24.8 Å². The van der Waals surface area contributed by atoms with Gasteiger partial charge in [0, 0.05) is 13.1 Å². The van der Waals surface area contributed by atoms with Crippen LogP contribution in [0.4, 0.5) is 16.0 Å². The fourth-order valence-electron chi connectivity index (χ4n) is 2.65. The van der Waals surface area contributed by atoms with Crippen LogP contribution in [0.2, 0.25) is 0 Å². The van der Waals surface area contributed by atoms with Crippen LogP contribution in [0.3, 0.4) is 0 Å². The zero-order valence-electron chi connectivity index (χ0n) is 13.2. The number of aromatic nitrogens is 2. The second-order valence-corrected chi connectivity index (χ2v) is 7.53. The Labute approximate surface area is 140 Å². The lowest BCUT2D eigenvalue weighted by molar-refractivity contribution is 0.568. The molecule has 1 N–H and O–H groups in total. The first kappa shape index (κ1) is 16.6. The van der Waals surface area contributed by atoms with Crippen LogP contribution >= 0.6 is 0 Å². The molecule has 0 bridgehead atoms. The monoisotopic (exact) mass is 350 g/mol. The van der Waals surface area contributed by atoms with E-state index in [0.717, 1.165) is 25.9 Å². The van der Waals surface area contributed by atoms with Crippen LogP contribution in [0.5, 0.6) is 0 Å². The molecule has 0 spiro atoms. The van der Waals surface area contributed by atoms with Gasteiger partial charge in [0.25, 0.3) is 0 Å². The van der Waals surface area contributed by atoms with E-state index in [-0.39, 0.29) is 5.75 Å². The minimum atomic E-state index is -3.60. The number of rotatable bonds is 5. The molecule has 24 heavy (non-hydrogen) atoms. The standard InChI is InChI=1S/C16H19FN4O2S/c17-14-6-4-13(5-7-14)12-24(22,23)20-15-10-18-16(19-11-15)21-8-2-1-3-9-21/h4-7,10-11,20H,1-3,8-9,12H2. The molecule has 0 atom stereocenters. The van der Waals surface area contributed by atoms with Gasteiger partial charge in [0.1, 0.15) is 5.82 Å². The number of piperidine rings is 1. The fraction of sp³-hybridized carbons (Fsp3) is 0.375. The van der Waals surface area contributed by atoms with Gasteiger partial charge in [-0.2, -0.15) is 0 Å². The molecule has 1 aromatic carbocycles. The molecule has 3 rings (SSSR count). The summed E-state index contributed by atoms with van der Waals surface area (Å²) in [5.41, 5.74) is 0.827. The van der Waals surface area contributed by atoms with Gasteiger partial charge in [-0.25, -0.2) is 22.8 Å². The largest absolute Gasteiger partial charge is 0.341 e. The van der Waals surface area contributed by atoms with E-state index in [0.29, 0.717) is 17.2 Å². The minimum absolute atomic E-state index is 0.235. The molecule has 0 aliphatic carbocycles. The van der Waals surface area contributed by atoms with Gasteiger partial charge in [-0.1, -0.05) is 12.1 Å². The SMILES string of the molecule is O=S(=O)(Cc1ccc(F)cc1)Nc1cnc(N2CCCCC2)nc1. The van der Waals surface area contributed by atoms with E-state index in [4.69, 9.17) is 0 Å². The highest BCUT2D eigenvalue weighted by Gasteiger charge is 2.15. The van der Waals surface area contributed by atoms with Crippen molar-refractivity contribution in [3.63, 3.8) is 0 Å². The van der Waals surface area contributed by atoms with Gasteiger partial charge >= 0.3 is 0 Å². The number of halogens is 1. The van der Waals surface area contributed by atoms with Crippen molar-refractivity contribution in [2.45, 2.75) is 25.0 Å². The summed E-state index contributed by atoms with van der Waals surface area (Å²) in [7, 11) is -3.60. The van der Waals surface area contributed by atoms with Gasteiger partial charge in [0.2, 0.25) is 16.0 Å². The zero-order valence-corrected chi connectivity index (χ0v) is 14.0. The molecule has 0 unspecified atom stereocenters. The summed E-state index contributed by atoms with van der Waals surface area (Å²) in [6.45, 7) is 1.85. The van der Waals surface area contributed by atoms with Gasteiger partial charge in [0.15, 0.2) is 0 Å². The molecule has 1 aliphatic heterocycles. The predicted molar refractivity (Wildman–Crippen MR) is 90.7 cm³/mol. The number of benzene rings is 1. The summed E-state index contributed by atoms with van der Waals surface area (Å²) in [6.07, 6.45) is 6.40. The summed E-state index contributed by atoms with van der Waals surface area (Å²) >= 11 is 0. The third-order valence-electron chi connectivity index (χ3n) is 3.82. The fourth-order valence-corrected chi connectivity index (χ4v) is 3.81. The number of hydrogen-bond donors (Lipinski definition) is 1. The highest BCUT2D eigenvalue weighted by molar-refractivity contribution is 7.91. The van der Waals surface area contributed by atoms with Crippen molar-refractivity contribution in [3.8, 4) is 0 Å². The van der Waals surface area contributed by atoms with E-state index < -0.39 is 15.8 Å². The Balaban J connectivity index is 1.64. The summed E-state index contributed by atoms with van der Waals surface area (Å²) < 4.78 is 39.7.